The first-order chi connectivity index (χ1) is 12.7. The fourth-order valence-electron chi connectivity index (χ4n) is 3.33. The number of rotatable bonds is 4. The summed E-state index contributed by atoms with van der Waals surface area (Å²) in [6.45, 7) is -0.146. The molecule has 0 fully saturated rings. The van der Waals surface area contributed by atoms with Gasteiger partial charge in [-0.05, 0) is 42.5 Å². The number of benzene rings is 2. The molecule has 6 nitrogen and oxygen atoms in total. The molecule has 2 aromatic carbocycles. The first kappa shape index (κ1) is 16.3. The number of hydrogen-bond donors (Lipinski definition) is 1. The van der Waals surface area contributed by atoms with Gasteiger partial charge >= 0.3 is 5.76 Å². The molecule has 0 spiro atoms. The Morgan fingerprint density at radius 3 is 2.65 bits per heavy atom. The van der Waals surface area contributed by atoms with Crippen LogP contribution in [-0.2, 0) is 24.2 Å². The summed E-state index contributed by atoms with van der Waals surface area (Å²) in [5.41, 5.74) is 3.32. The van der Waals surface area contributed by atoms with E-state index in [0.717, 1.165) is 23.9 Å². The van der Waals surface area contributed by atoms with Crippen molar-refractivity contribution in [3.8, 4) is 11.5 Å². The van der Waals surface area contributed by atoms with Crippen molar-refractivity contribution in [2.45, 2.75) is 31.8 Å². The Bertz CT molecular complexity index is 975. The lowest BCUT2D eigenvalue weighted by Crippen LogP contribution is -2.41. The minimum atomic E-state index is -0.631. The Labute approximate surface area is 150 Å². The molecule has 132 valence electrons. The summed E-state index contributed by atoms with van der Waals surface area (Å²) in [5, 5.41) is 7.13. The fraction of sp³-hybridized carbons (Fsp3) is 0.250. The lowest BCUT2D eigenvalue weighted by Gasteiger charge is -2.25. The second-order valence-electron chi connectivity index (χ2n) is 6.47. The summed E-state index contributed by atoms with van der Waals surface area (Å²) in [5.74, 6) is -0.646. The molecule has 4 rings (SSSR count). The van der Waals surface area contributed by atoms with Crippen molar-refractivity contribution in [1.29, 1.82) is 0 Å². The molecule has 1 amide bonds. The van der Waals surface area contributed by atoms with E-state index in [4.69, 9.17) is 4.42 Å². The first-order valence-electron chi connectivity index (χ1n) is 8.68. The van der Waals surface area contributed by atoms with E-state index >= 15 is 0 Å². The Morgan fingerprint density at radius 1 is 1.12 bits per heavy atom. The highest BCUT2D eigenvalue weighted by Crippen LogP contribution is 2.21. The van der Waals surface area contributed by atoms with Crippen molar-refractivity contribution in [1.82, 2.24) is 15.1 Å². The van der Waals surface area contributed by atoms with Gasteiger partial charge in [0.1, 0.15) is 6.54 Å². The summed E-state index contributed by atoms with van der Waals surface area (Å²) in [4.78, 5) is 24.3. The van der Waals surface area contributed by atoms with Gasteiger partial charge in [0.2, 0.25) is 11.8 Å². The van der Waals surface area contributed by atoms with Crippen molar-refractivity contribution in [2.75, 3.05) is 0 Å². The number of aromatic nitrogens is 2. The first-order valence-corrected chi connectivity index (χ1v) is 8.68. The maximum atomic E-state index is 12.3. The van der Waals surface area contributed by atoms with Gasteiger partial charge in [-0.1, -0.05) is 42.5 Å². The van der Waals surface area contributed by atoms with Crippen molar-refractivity contribution in [3.63, 3.8) is 0 Å². The van der Waals surface area contributed by atoms with Crippen LogP contribution in [0.15, 0.2) is 63.8 Å². The Kier molecular flexibility index (Phi) is 4.39. The van der Waals surface area contributed by atoms with Gasteiger partial charge in [0.15, 0.2) is 0 Å². The van der Waals surface area contributed by atoms with E-state index in [2.05, 4.69) is 22.5 Å². The van der Waals surface area contributed by atoms with Crippen molar-refractivity contribution in [2.24, 2.45) is 0 Å². The molecule has 1 N–H and O–H groups in total. The number of carbonyl (C=O) groups excluding carboxylic acids is 1. The molecule has 1 aliphatic rings. The normalized spacial score (nSPS) is 16.1. The third kappa shape index (κ3) is 3.44. The highest BCUT2D eigenvalue weighted by molar-refractivity contribution is 5.76. The number of nitrogens with one attached hydrogen (secondary N) is 1. The van der Waals surface area contributed by atoms with Crippen LogP contribution < -0.4 is 11.1 Å². The van der Waals surface area contributed by atoms with Gasteiger partial charge in [0.05, 0.1) is 0 Å². The quantitative estimate of drug-likeness (QED) is 0.783. The van der Waals surface area contributed by atoms with Crippen LogP contribution in [0.1, 0.15) is 17.5 Å². The van der Waals surface area contributed by atoms with Crippen LogP contribution in [0.25, 0.3) is 11.5 Å². The maximum absolute atomic E-state index is 12.3. The number of aryl methyl sites for hydroxylation is 1. The lowest BCUT2D eigenvalue weighted by atomic mass is 9.88. The monoisotopic (exact) mass is 349 g/mol. The van der Waals surface area contributed by atoms with Gasteiger partial charge in [-0.15, -0.1) is 5.10 Å². The molecule has 0 aliphatic heterocycles. The molecular weight excluding hydrogens is 330 g/mol. The summed E-state index contributed by atoms with van der Waals surface area (Å²) < 4.78 is 6.22. The molecule has 1 heterocycles. The maximum Gasteiger partial charge on any atom is 0.437 e. The molecule has 0 saturated carbocycles. The number of hydrogen-bond acceptors (Lipinski definition) is 4. The molecule has 1 atom stereocenters. The molecular formula is C20H19N3O3. The van der Waals surface area contributed by atoms with Gasteiger partial charge in [0.25, 0.3) is 0 Å². The molecule has 26 heavy (non-hydrogen) atoms. The van der Waals surface area contributed by atoms with E-state index in [1.807, 2.05) is 30.3 Å². The molecule has 1 aliphatic carbocycles. The van der Waals surface area contributed by atoms with Crippen molar-refractivity contribution < 1.29 is 9.21 Å². The van der Waals surface area contributed by atoms with Crippen LogP contribution in [0.3, 0.4) is 0 Å². The summed E-state index contributed by atoms with van der Waals surface area (Å²) in [7, 11) is 0. The topological polar surface area (TPSA) is 77.1 Å². The van der Waals surface area contributed by atoms with E-state index in [-0.39, 0.29) is 24.4 Å². The molecule has 0 radical (unpaired) electrons. The molecule has 3 aromatic rings. The third-order valence-corrected chi connectivity index (χ3v) is 4.63. The second kappa shape index (κ2) is 7.00. The highest BCUT2D eigenvalue weighted by atomic mass is 16.4. The number of nitrogens with zero attached hydrogens (tertiary/aromatic N) is 2. The molecule has 0 bridgehead atoms. The van der Waals surface area contributed by atoms with Gasteiger partial charge in [-0.2, -0.15) is 4.68 Å². The van der Waals surface area contributed by atoms with Crippen LogP contribution >= 0.6 is 0 Å². The van der Waals surface area contributed by atoms with E-state index in [1.165, 1.54) is 11.1 Å². The molecule has 6 heteroatoms. The predicted molar refractivity (Wildman–Crippen MR) is 96.6 cm³/mol. The molecule has 1 unspecified atom stereocenters. The van der Waals surface area contributed by atoms with E-state index in [9.17, 15) is 9.59 Å². The zero-order valence-electron chi connectivity index (χ0n) is 14.2. The lowest BCUT2D eigenvalue weighted by molar-refractivity contribution is -0.122. The Morgan fingerprint density at radius 2 is 1.85 bits per heavy atom. The van der Waals surface area contributed by atoms with Crippen LogP contribution in [0, 0.1) is 0 Å². The van der Waals surface area contributed by atoms with E-state index in [1.54, 1.807) is 12.1 Å². The van der Waals surface area contributed by atoms with Gasteiger partial charge in [-0.25, -0.2) is 4.79 Å². The third-order valence-electron chi connectivity index (χ3n) is 4.63. The predicted octanol–water partition coefficient (Wildman–Crippen LogP) is 2.18. The summed E-state index contributed by atoms with van der Waals surface area (Å²) in [6.07, 6.45) is 2.65. The highest BCUT2D eigenvalue weighted by Gasteiger charge is 2.21. The van der Waals surface area contributed by atoms with Crippen molar-refractivity contribution in [3.05, 3.63) is 76.3 Å². The number of carbonyl (C=O) groups is 1. The van der Waals surface area contributed by atoms with E-state index < -0.39 is 5.76 Å². The average Bonchev–Trinajstić information content (AvgIpc) is 3.03. The van der Waals surface area contributed by atoms with Crippen LogP contribution in [-0.4, -0.2) is 21.7 Å². The van der Waals surface area contributed by atoms with E-state index in [0.29, 0.717) is 5.56 Å². The summed E-state index contributed by atoms with van der Waals surface area (Å²) >= 11 is 0. The molecule has 1 aromatic heterocycles. The van der Waals surface area contributed by atoms with Crippen LogP contribution in [0.4, 0.5) is 0 Å². The fourth-order valence-corrected chi connectivity index (χ4v) is 3.33. The number of fused-ring (bicyclic) bond motifs is 1. The summed E-state index contributed by atoms with van der Waals surface area (Å²) in [6, 6.07) is 17.5. The van der Waals surface area contributed by atoms with Gasteiger partial charge < -0.3 is 9.73 Å². The zero-order valence-corrected chi connectivity index (χ0v) is 14.2. The van der Waals surface area contributed by atoms with Crippen molar-refractivity contribution >= 4 is 5.91 Å². The average molecular weight is 349 g/mol. The van der Waals surface area contributed by atoms with Gasteiger partial charge in [0, 0.05) is 11.6 Å². The minimum Gasteiger partial charge on any atom is -0.388 e. The second-order valence-corrected chi connectivity index (χ2v) is 6.47. The smallest absolute Gasteiger partial charge is 0.388 e. The number of amides is 1. The van der Waals surface area contributed by atoms with Crippen LogP contribution in [0.5, 0.6) is 0 Å². The van der Waals surface area contributed by atoms with Crippen LogP contribution in [0.2, 0.25) is 0 Å². The SMILES string of the molecule is O=C(Cn1nc(-c2ccccc2)oc1=O)NC1CCc2ccccc2C1. The minimum absolute atomic E-state index is 0.0774. The Hall–Kier alpha value is -3.15. The molecule has 0 saturated heterocycles. The largest absolute Gasteiger partial charge is 0.437 e. The van der Waals surface area contributed by atoms with Gasteiger partial charge in [-0.3, -0.25) is 4.79 Å². The Balaban J connectivity index is 1.41. The standard InChI is InChI=1S/C20H19N3O3/c24-18(21-17-11-10-14-6-4-5-9-16(14)12-17)13-23-20(25)26-19(22-23)15-7-2-1-3-8-15/h1-9,17H,10-13H2,(H,21,24). The zero-order chi connectivity index (χ0) is 17.9.